The summed E-state index contributed by atoms with van der Waals surface area (Å²) >= 11 is 3.50. The Kier molecular flexibility index (Phi) is 3.19. The van der Waals surface area contributed by atoms with E-state index in [2.05, 4.69) is 20.8 Å². The SMILES string of the molecule is COC(=O)C1CCN1c1cccc(Br)c1C. The average Bonchev–Trinajstić information content (AvgIpc) is 2.23. The van der Waals surface area contributed by atoms with Crippen LogP contribution in [-0.2, 0) is 9.53 Å². The highest BCUT2D eigenvalue weighted by Gasteiger charge is 2.35. The molecule has 0 aromatic heterocycles. The minimum Gasteiger partial charge on any atom is -0.467 e. The van der Waals surface area contributed by atoms with Crippen LogP contribution in [0.15, 0.2) is 22.7 Å². The van der Waals surface area contributed by atoms with Gasteiger partial charge in [0, 0.05) is 16.7 Å². The van der Waals surface area contributed by atoms with Gasteiger partial charge in [-0.2, -0.15) is 0 Å². The highest BCUT2D eigenvalue weighted by atomic mass is 79.9. The molecule has 1 aromatic rings. The van der Waals surface area contributed by atoms with E-state index in [-0.39, 0.29) is 12.0 Å². The van der Waals surface area contributed by atoms with Crippen LogP contribution in [0.5, 0.6) is 0 Å². The van der Waals surface area contributed by atoms with Gasteiger partial charge in [0.05, 0.1) is 7.11 Å². The first kappa shape index (κ1) is 11.5. The summed E-state index contributed by atoms with van der Waals surface area (Å²) < 4.78 is 5.85. The van der Waals surface area contributed by atoms with Crippen LogP contribution in [0.2, 0.25) is 0 Å². The number of nitrogens with zero attached hydrogens (tertiary/aromatic N) is 1. The van der Waals surface area contributed by atoms with Crippen molar-refractivity contribution in [1.82, 2.24) is 0 Å². The molecular weight excluding hydrogens is 270 g/mol. The largest absolute Gasteiger partial charge is 0.467 e. The van der Waals surface area contributed by atoms with E-state index in [1.54, 1.807) is 0 Å². The molecule has 0 N–H and O–H groups in total. The van der Waals surface area contributed by atoms with Gasteiger partial charge in [-0.1, -0.05) is 22.0 Å². The molecule has 0 spiro atoms. The number of halogens is 1. The third kappa shape index (κ3) is 1.82. The molecule has 1 aromatic carbocycles. The van der Waals surface area contributed by atoms with Gasteiger partial charge < -0.3 is 9.64 Å². The number of carbonyl (C=O) groups excluding carboxylic acids is 1. The molecule has 86 valence electrons. The zero-order valence-electron chi connectivity index (χ0n) is 9.37. The monoisotopic (exact) mass is 283 g/mol. The van der Waals surface area contributed by atoms with Gasteiger partial charge in [-0.3, -0.25) is 0 Å². The summed E-state index contributed by atoms with van der Waals surface area (Å²) in [7, 11) is 1.44. The van der Waals surface area contributed by atoms with E-state index < -0.39 is 0 Å². The van der Waals surface area contributed by atoms with E-state index in [0.29, 0.717) is 0 Å². The van der Waals surface area contributed by atoms with Crippen molar-refractivity contribution < 1.29 is 9.53 Å². The van der Waals surface area contributed by atoms with Crippen molar-refractivity contribution in [2.75, 3.05) is 18.6 Å². The van der Waals surface area contributed by atoms with E-state index in [1.807, 2.05) is 25.1 Å². The number of esters is 1. The van der Waals surface area contributed by atoms with Crippen LogP contribution in [0.4, 0.5) is 5.69 Å². The maximum absolute atomic E-state index is 11.5. The highest BCUT2D eigenvalue weighted by molar-refractivity contribution is 9.10. The fourth-order valence-electron chi connectivity index (χ4n) is 1.96. The predicted octanol–water partition coefficient (Wildman–Crippen LogP) is 2.51. The molecule has 1 aliphatic rings. The zero-order chi connectivity index (χ0) is 11.7. The van der Waals surface area contributed by atoms with Crippen molar-refractivity contribution in [2.24, 2.45) is 0 Å². The van der Waals surface area contributed by atoms with Gasteiger partial charge in [0.25, 0.3) is 0 Å². The van der Waals surface area contributed by atoms with E-state index in [1.165, 1.54) is 7.11 Å². The third-order valence-corrected chi connectivity index (χ3v) is 3.90. The van der Waals surface area contributed by atoms with Crippen molar-refractivity contribution >= 4 is 27.6 Å². The molecule has 16 heavy (non-hydrogen) atoms. The Morgan fingerprint density at radius 3 is 2.88 bits per heavy atom. The molecular formula is C12H14BrNO2. The van der Waals surface area contributed by atoms with Gasteiger partial charge in [-0.05, 0) is 31.0 Å². The number of hydrogen-bond acceptors (Lipinski definition) is 3. The van der Waals surface area contributed by atoms with Gasteiger partial charge in [0.15, 0.2) is 0 Å². The summed E-state index contributed by atoms with van der Waals surface area (Å²) in [5.41, 5.74) is 2.27. The number of benzene rings is 1. The van der Waals surface area contributed by atoms with Crippen molar-refractivity contribution in [1.29, 1.82) is 0 Å². The Balaban J connectivity index is 2.25. The molecule has 1 unspecified atom stereocenters. The molecule has 1 saturated heterocycles. The van der Waals surface area contributed by atoms with Crippen LogP contribution in [0.25, 0.3) is 0 Å². The molecule has 1 fully saturated rings. The smallest absolute Gasteiger partial charge is 0.328 e. The number of methoxy groups -OCH3 is 1. The lowest BCUT2D eigenvalue weighted by Gasteiger charge is -2.41. The van der Waals surface area contributed by atoms with Gasteiger partial charge in [0.1, 0.15) is 6.04 Å². The first-order valence-electron chi connectivity index (χ1n) is 5.24. The third-order valence-electron chi connectivity index (χ3n) is 3.04. The molecule has 2 rings (SSSR count). The predicted molar refractivity (Wildman–Crippen MR) is 66.6 cm³/mol. The average molecular weight is 284 g/mol. The molecule has 4 heteroatoms. The van der Waals surface area contributed by atoms with E-state index >= 15 is 0 Å². The molecule has 1 aliphatic heterocycles. The summed E-state index contributed by atoms with van der Waals surface area (Å²) in [5.74, 6) is -0.148. The molecule has 3 nitrogen and oxygen atoms in total. The number of carbonyl (C=O) groups is 1. The van der Waals surface area contributed by atoms with Crippen molar-refractivity contribution in [3.63, 3.8) is 0 Å². The van der Waals surface area contributed by atoms with E-state index in [0.717, 1.165) is 28.7 Å². The highest BCUT2D eigenvalue weighted by Crippen LogP contribution is 2.33. The summed E-state index contributed by atoms with van der Waals surface area (Å²) in [6.07, 6.45) is 0.874. The van der Waals surface area contributed by atoms with Gasteiger partial charge >= 0.3 is 5.97 Å². The Bertz CT molecular complexity index is 419. The topological polar surface area (TPSA) is 29.5 Å². The van der Waals surface area contributed by atoms with Crippen LogP contribution in [-0.4, -0.2) is 25.7 Å². The van der Waals surface area contributed by atoms with Crippen LogP contribution in [0.3, 0.4) is 0 Å². The van der Waals surface area contributed by atoms with Crippen LogP contribution < -0.4 is 4.90 Å². The minimum atomic E-state index is -0.148. The van der Waals surface area contributed by atoms with E-state index in [4.69, 9.17) is 4.74 Å². The van der Waals surface area contributed by atoms with Crippen molar-refractivity contribution in [2.45, 2.75) is 19.4 Å². The lowest BCUT2D eigenvalue weighted by atomic mass is 10.0. The summed E-state index contributed by atoms with van der Waals surface area (Å²) in [6.45, 7) is 2.96. The molecule has 0 bridgehead atoms. The minimum absolute atomic E-state index is 0.113. The first-order valence-corrected chi connectivity index (χ1v) is 6.04. The van der Waals surface area contributed by atoms with Crippen LogP contribution in [0, 0.1) is 6.92 Å². The maximum Gasteiger partial charge on any atom is 0.328 e. The van der Waals surface area contributed by atoms with Gasteiger partial charge in [-0.15, -0.1) is 0 Å². The number of anilines is 1. The summed E-state index contributed by atoms with van der Waals surface area (Å²) in [6, 6.07) is 5.91. The fraction of sp³-hybridized carbons (Fsp3) is 0.417. The quantitative estimate of drug-likeness (QED) is 0.781. The summed E-state index contributed by atoms with van der Waals surface area (Å²) in [5, 5.41) is 0. The molecule has 0 radical (unpaired) electrons. The Morgan fingerprint density at radius 2 is 2.31 bits per heavy atom. The standard InChI is InChI=1S/C12H14BrNO2/c1-8-9(13)4-3-5-10(8)14-7-6-11(14)12(15)16-2/h3-5,11H,6-7H2,1-2H3. The Hall–Kier alpha value is -1.03. The normalized spacial score (nSPS) is 19.2. The molecule has 1 atom stereocenters. The van der Waals surface area contributed by atoms with Crippen molar-refractivity contribution in [3.8, 4) is 0 Å². The number of rotatable bonds is 2. The van der Waals surface area contributed by atoms with Gasteiger partial charge in [0.2, 0.25) is 0 Å². The second kappa shape index (κ2) is 4.45. The lowest BCUT2D eigenvalue weighted by Crippen LogP contribution is -2.53. The lowest BCUT2D eigenvalue weighted by molar-refractivity contribution is -0.143. The van der Waals surface area contributed by atoms with Crippen molar-refractivity contribution in [3.05, 3.63) is 28.2 Å². The number of ether oxygens (including phenoxy) is 1. The Morgan fingerprint density at radius 1 is 1.56 bits per heavy atom. The number of hydrogen-bond donors (Lipinski definition) is 0. The first-order chi connectivity index (χ1) is 7.65. The second-order valence-electron chi connectivity index (χ2n) is 3.90. The zero-order valence-corrected chi connectivity index (χ0v) is 11.0. The second-order valence-corrected chi connectivity index (χ2v) is 4.76. The van der Waals surface area contributed by atoms with Crippen LogP contribution >= 0.6 is 15.9 Å². The maximum atomic E-state index is 11.5. The molecule has 0 saturated carbocycles. The van der Waals surface area contributed by atoms with E-state index in [9.17, 15) is 4.79 Å². The Labute approximate surface area is 104 Å². The molecule has 0 aliphatic carbocycles. The summed E-state index contributed by atoms with van der Waals surface area (Å²) in [4.78, 5) is 13.6. The fourth-order valence-corrected chi connectivity index (χ4v) is 2.32. The molecule has 1 heterocycles. The van der Waals surface area contributed by atoms with Crippen LogP contribution in [0.1, 0.15) is 12.0 Å². The molecule has 0 amide bonds. The van der Waals surface area contributed by atoms with Gasteiger partial charge in [-0.25, -0.2) is 4.79 Å².